The van der Waals surface area contributed by atoms with E-state index in [1.165, 1.54) is 7.11 Å². The number of hydrogen-bond acceptors (Lipinski definition) is 5. The third-order valence-corrected chi connectivity index (χ3v) is 2.59. The largest absolute Gasteiger partial charge is 0.502 e. The number of hydroxylamine groups is 2. The Morgan fingerprint density at radius 2 is 1.91 bits per heavy atom. The van der Waals surface area contributed by atoms with Gasteiger partial charge in [0.15, 0.2) is 0 Å². The number of aliphatic hydroxyl groups is 1. The van der Waals surface area contributed by atoms with E-state index in [1.54, 1.807) is 24.3 Å². The minimum atomic E-state index is -1.59. The van der Waals surface area contributed by atoms with E-state index in [-0.39, 0.29) is 12.6 Å². The number of nitrogens with zero attached hydrogens (tertiary/aromatic N) is 1. The van der Waals surface area contributed by atoms with Crippen molar-refractivity contribution in [3.63, 3.8) is 0 Å². The van der Waals surface area contributed by atoms with Crippen LogP contribution in [-0.2, 0) is 21.0 Å². The topological polar surface area (TPSA) is 96.3 Å². The molecule has 7 nitrogen and oxygen atoms in total. The van der Waals surface area contributed by atoms with Crippen LogP contribution in [0.2, 0.25) is 0 Å². The predicted octanol–water partition coefficient (Wildman–Crippen LogP) is 1.89. The Bertz CT molecular complexity index is 567. The van der Waals surface area contributed by atoms with Crippen molar-refractivity contribution < 1.29 is 29.4 Å². The molecule has 22 heavy (non-hydrogen) atoms. The fraction of sp³-hybridized carbons (Fsp3) is 0.333. The molecule has 0 aliphatic rings. The Balaban J connectivity index is 2.93. The first-order chi connectivity index (χ1) is 10.3. The van der Waals surface area contributed by atoms with Crippen LogP contribution in [0, 0.1) is 0 Å². The standard InChI is InChI=1S/C15H19NO6/c1-10(2)22-13-7-5-4-6-11(13)9-16(21-3)14(18)8-12(17)15(19)20/h4-8,10,17H,9H2,1-3H3,(H,19,20)/b12-8-. The van der Waals surface area contributed by atoms with Gasteiger partial charge >= 0.3 is 5.97 Å². The van der Waals surface area contributed by atoms with Gasteiger partial charge < -0.3 is 14.9 Å². The second-order valence-corrected chi connectivity index (χ2v) is 4.67. The number of benzene rings is 1. The van der Waals surface area contributed by atoms with Crippen LogP contribution in [0.15, 0.2) is 36.1 Å². The third kappa shape index (κ3) is 5.10. The van der Waals surface area contributed by atoms with E-state index in [9.17, 15) is 9.59 Å². The number of carboxylic acids is 1. The Labute approximate surface area is 128 Å². The lowest BCUT2D eigenvalue weighted by Gasteiger charge is -2.20. The zero-order valence-corrected chi connectivity index (χ0v) is 12.6. The number of rotatable bonds is 7. The summed E-state index contributed by atoms with van der Waals surface area (Å²) in [4.78, 5) is 27.4. The average Bonchev–Trinajstić information content (AvgIpc) is 2.45. The number of carbonyl (C=O) groups is 2. The zero-order chi connectivity index (χ0) is 16.7. The molecule has 0 heterocycles. The molecule has 0 aliphatic carbocycles. The van der Waals surface area contributed by atoms with Crippen molar-refractivity contribution in [1.29, 1.82) is 0 Å². The summed E-state index contributed by atoms with van der Waals surface area (Å²) >= 11 is 0. The summed E-state index contributed by atoms with van der Waals surface area (Å²) in [6.45, 7) is 3.80. The van der Waals surface area contributed by atoms with Gasteiger partial charge in [-0.2, -0.15) is 0 Å². The normalized spacial score (nSPS) is 11.4. The zero-order valence-electron chi connectivity index (χ0n) is 12.6. The van der Waals surface area contributed by atoms with Gasteiger partial charge in [0.1, 0.15) is 5.75 Å². The minimum Gasteiger partial charge on any atom is -0.502 e. The quantitative estimate of drug-likeness (QED) is 0.453. The van der Waals surface area contributed by atoms with Crippen LogP contribution < -0.4 is 4.74 Å². The van der Waals surface area contributed by atoms with Crippen molar-refractivity contribution in [2.45, 2.75) is 26.5 Å². The molecule has 0 aromatic heterocycles. The van der Waals surface area contributed by atoms with Gasteiger partial charge in [0.2, 0.25) is 5.76 Å². The minimum absolute atomic E-state index is 0.0382. The van der Waals surface area contributed by atoms with E-state index >= 15 is 0 Å². The number of hydrogen-bond donors (Lipinski definition) is 2. The molecular weight excluding hydrogens is 290 g/mol. The molecule has 0 aliphatic heterocycles. The summed E-state index contributed by atoms with van der Waals surface area (Å²) < 4.78 is 5.64. The van der Waals surface area contributed by atoms with Gasteiger partial charge in [-0.05, 0) is 19.9 Å². The highest BCUT2D eigenvalue weighted by Gasteiger charge is 2.17. The van der Waals surface area contributed by atoms with Gasteiger partial charge in [-0.25, -0.2) is 9.86 Å². The first-order valence-corrected chi connectivity index (χ1v) is 6.59. The van der Waals surface area contributed by atoms with Crippen LogP contribution in [-0.4, -0.2) is 40.4 Å². The molecule has 1 aromatic carbocycles. The van der Waals surface area contributed by atoms with Crippen LogP contribution in [0.4, 0.5) is 0 Å². The lowest BCUT2D eigenvalue weighted by atomic mass is 10.2. The number of carbonyl (C=O) groups excluding carboxylic acids is 1. The molecule has 1 amide bonds. The van der Waals surface area contributed by atoms with Crippen LogP contribution in [0.5, 0.6) is 5.75 Å². The first-order valence-electron chi connectivity index (χ1n) is 6.59. The highest BCUT2D eigenvalue weighted by molar-refractivity contribution is 5.95. The summed E-state index contributed by atoms with van der Waals surface area (Å²) in [6.07, 6.45) is 0.543. The van der Waals surface area contributed by atoms with Crippen molar-refractivity contribution in [3.8, 4) is 5.75 Å². The second-order valence-electron chi connectivity index (χ2n) is 4.67. The molecule has 0 fully saturated rings. The number of para-hydroxylation sites is 1. The predicted molar refractivity (Wildman–Crippen MR) is 78.1 cm³/mol. The molecule has 0 unspecified atom stereocenters. The fourth-order valence-corrected chi connectivity index (χ4v) is 1.64. The molecule has 0 saturated heterocycles. The van der Waals surface area contributed by atoms with Crippen molar-refractivity contribution in [1.82, 2.24) is 5.06 Å². The molecule has 0 spiro atoms. The molecule has 2 N–H and O–H groups in total. The molecule has 0 atom stereocenters. The van der Waals surface area contributed by atoms with Crippen LogP contribution in [0.3, 0.4) is 0 Å². The fourth-order valence-electron chi connectivity index (χ4n) is 1.64. The number of ether oxygens (including phenoxy) is 1. The van der Waals surface area contributed by atoms with Crippen molar-refractivity contribution >= 4 is 11.9 Å². The van der Waals surface area contributed by atoms with Crippen LogP contribution in [0.1, 0.15) is 19.4 Å². The van der Waals surface area contributed by atoms with Gasteiger partial charge in [0.25, 0.3) is 5.91 Å². The highest BCUT2D eigenvalue weighted by Crippen LogP contribution is 2.21. The first kappa shape index (κ1) is 17.5. The molecule has 1 rings (SSSR count). The Kier molecular flexibility index (Phi) is 6.40. The summed E-state index contributed by atoms with van der Waals surface area (Å²) in [5, 5.41) is 18.6. The third-order valence-electron chi connectivity index (χ3n) is 2.59. The maximum atomic E-state index is 11.9. The van der Waals surface area contributed by atoms with Gasteiger partial charge in [-0.15, -0.1) is 0 Å². The van der Waals surface area contributed by atoms with E-state index in [1.807, 2.05) is 13.8 Å². The number of aliphatic carboxylic acids is 1. The Morgan fingerprint density at radius 1 is 1.27 bits per heavy atom. The molecule has 1 aromatic rings. The number of carboxylic acid groups (broad SMARTS) is 1. The van der Waals surface area contributed by atoms with E-state index in [2.05, 4.69) is 0 Å². The summed E-state index contributed by atoms with van der Waals surface area (Å²) in [5.74, 6) is -2.84. The molecule has 0 bridgehead atoms. The van der Waals surface area contributed by atoms with Crippen LogP contribution in [0.25, 0.3) is 0 Å². The average molecular weight is 309 g/mol. The van der Waals surface area contributed by atoms with Crippen molar-refractivity contribution in [3.05, 3.63) is 41.7 Å². The smallest absolute Gasteiger partial charge is 0.371 e. The SMILES string of the molecule is CON(Cc1ccccc1OC(C)C)C(=O)/C=C(\O)C(=O)O. The number of aliphatic hydroxyl groups excluding tert-OH is 1. The lowest BCUT2D eigenvalue weighted by Crippen LogP contribution is -2.29. The molecule has 7 heteroatoms. The summed E-state index contributed by atoms with van der Waals surface area (Å²) in [6, 6.07) is 7.11. The van der Waals surface area contributed by atoms with Gasteiger partial charge in [0, 0.05) is 5.56 Å². The van der Waals surface area contributed by atoms with Gasteiger partial charge in [-0.3, -0.25) is 9.63 Å². The van der Waals surface area contributed by atoms with Crippen molar-refractivity contribution in [2.75, 3.05) is 7.11 Å². The van der Waals surface area contributed by atoms with Crippen molar-refractivity contribution in [2.24, 2.45) is 0 Å². The molecule has 0 radical (unpaired) electrons. The Morgan fingerprint density at radius 3 is 2.45 bits per heavy atom. The number of amides is 1. The maximum Gasteiger partial charge on any atom is 0.371 e. The molecular formula is C15H19NO6. The maximum absolute atomic E-state index is 11.9. The monoisotopic (exact) mass is 309 g/mol. The van der Waals surface area contributed by atoms with E-state index in [0.717, 1.165) is 5.06 Å². The second kappa shape index (κ2) is 8.04. The van der Waals surface area contributed by atoms with Gasteiger partial charge in [-0.1, -0.05) is 18.2 Å². The molecule has 120 valence electrons. The summed E-state index contributed by atoms with van der Waals surface area (Å²) in [7, 11) is 1.27. The van der Waals surface area contributed by atoms with E-state index in [0.29, 0.717) is 17.4 Å². The summed E-state index contributed by atoms with van der Waals surface area (Å²) in [5.41, 5.74) is 0.689. The van der Waals surface area contributed by atoms with E-state index in [4.69, 9.17) is 19.8 Å². The lowest BCUT2D eigenvalue weighted by molar-refractivity contribution is -0.173. The van der Waals surface area contributed by atoms with Gasteiger partial charge in [0.05, 0.1) is 25.8 Å². The van der Waals surface area contributed by atoms with Crippen LogP contribution >= 0.6 is 0 Å². The van der Waals surface area contributed by atoms with E-state index < -0.39 is 17.6 Å². The Hall–Kier alpha value is -2.54. The molecule has 0 saturated carbocycles. The highest BCUT2D eigenvalue weighted by atomic mass is 16.7.